The molecular weight excluding hydrogens is 380 g/mol. The van der Waals surface area contributed by atoms with Crippen molar-refractivity contribution >= 4 is 29.3 Å². The van der Waals surface area contributed by atoms with E-state index in [0.29, 0.717) is 10.8 Å². The zero-order chi connectivity index (χ0) is 19.8. The Kier molecular flexibility index (Phi) is 8.48. The zero-order valence-corrected chi connectivity index (χ0v) is 17.9. The Morgan fingerprint density at radius 2 is 1.81 bits per heavy atom. The molecule has 146 valence electrons. The van der Waals surface area contributed by atoms with Crippen molar-refractivity contribution in [1.29, 1.82) is 0 Å². The second kappa shape index (κ2) is 10.6. The van der Waals surface area contributed by atoms with Crippen molar-refractivity contribution in [2.24, 2.45) is 0 Å². The first-order valence-corrected chi connectivity index (χ1v) is 10.2. The lowest BCUT2D eigenvalue weighted by Crippen LogP contribution is -2.27. The van der Waals surface area contributed by atoms with E-state index in [1.807, 2.05) is 23.9 Å². The van der Waals surface area contributed by atoms with Crippen LogP contribution in [0.25, 0.3) is 0 Å². The number of amides is 1. The number of hydrogen-bond acceptors (Lipinski definition) is 4. The van der Waals surface area contributed by atoms with E-state index in [4.69, 9.17) is 16.3 Å². The molecule has 0 aliphatic heterocycles. The van der Waals surface area contributed by atoms with Crippen LogP contribution in [0.4, 0.5) is 0 Å². The third kappa shape index (κ3) is 7.09. The van der Waals surface area contributed by atoms with Crippen LogP contribution in [0.5, 0.6) is 5.75 Å². The Balaban J connectivity index is 1.85. The number of likely N-dealkylation sites (N-methyl/N-ethyl adjacent to an activating group) is 1. The number of aryl methyl sites for hydroxylation is 1. The second-order valence-electron chi connectivity index (χ2n) is 6.71. The van der Waals surface area contributed by atoms with Crippen LogP contribution < -0.4 is 4.74 Å². The number of thioether (sulfide) groups is 1. The molecule has 6 heteroatoms. The predicted molar refractivity (Wildman–Crippen MR) is 114 cm³/mol. The Labute approximate surface area is 171 Å². The third-order valence-electron chi connectivity index (χ3n) is 4.10. The zero-order valence-electron chi connectivity index (χ0n) is 16.4. The van der Waals surface area contributed by atoms with E-state index in [9.17, 15) is 4.79 Å². The highest BCUT2D eigenvalue weighted by atomic mass is 35.5. The maximum Gasteiger partial charge on any atom is 0.259 e. The first kappa shape index (κ1) is 21.6. The predicted octanol–water partition coefficient (Wildman–Crippen LogP) is 4.34. The monoisotopic (exact) mass is 406 g/mol. The summed E-state index contributed by atoms with van der Waals surface area (Å²) in [5.74, 6) is 1.46. The van der Waals surface area contributed by atoms with Gasteiger partial charge in [-0.25, -0.2) is 0 Å². The van der Waals surface area contributed by atoms with Crippen molar-refractivity contribution in [2.45, 2.75) is 18.4 Å². The van der Waals surface area contributed by atoms with Crippen molar-refractivity contribution < 1.29 is 9.53 Å². The molecule has 1 amide bonds. The number of nitrogens with zero attached hydrogens (tertiary/aromatic N) is 2. The highest BCUT2D eigenvalue weighted by Gasteiger charge is 2.12. The van der Waals surface area contributed by atoms with Crippen molar-refractivity contribution in [3.8, 4) is 5.75 Å². The van der Waals surface area contributed by atoms with Gasteiger partial charge in [0.2, 0.25) is 0 Å². The summed E-state index contributed by atoms with van der Waals surface area (Å²) in [5.41, 5.74) is 2.27. The molecule has 0 unspecified atom stereocenters. The normalized spacial score (nSPS) is 10.9. The van der Waals surface area contributed by atoms with Gasteiger partial charge in [-0.1, -0.05) is 41.4 Å². The van der Waals surface area contributed by atoms with Gasteiger partial charge in [-0.05, 0) is 37.7 Å². The molecule has 0 bridgehead atoms. The van der Waals surface area contributed by atoms with Crippen LogP contribution in [0, 0.1) is 6.92 Å². The SMILES string of the molecule is Cc1ccc(SCCN(C)Cc2cccc(OCC(=O)N(C)C)c2Cl)cc1. The highest BCUT2D eigenvalue weighted by Crippen LogP contribution is 2.29. The van der Waals surface area contributed by atoms with Crippen LogP contribution >= 0.6 is 23.4 Å². The minimum Gasteiger partial charge on any atom is -0.482 e. The standard InChI is InChI=1S/C21H27ClN2O2S/c1-16-8-10-18(11-9-16)27-13-12-24(4)14-17-6-5-7-19(21(17)22)26-15-20(25)23(2)3/h5-11H,12-15H2,1-4H3. The minimum atomic E-state index is -0.0956. The Bertz CT molecular complexity index is 750. The molecule has 2 aromatic rings. The van der Waals surface area contributed by atoms with Crippen molar-refractivity contribution in [1.82, 2.24) is 9.80 Å². The average Bonchev–Trinajstić information content (AvgIpc) is 2.63. The Hall–Kier alpha value is -1.69. The number of carbonyl (C=O) groups excluding carboxylic acids is 1. The quantitative estimate of drug-likeness (QED) is 0.580. The summed E-state index contributed by atoms with van der Waals surface area (Å²) < 4.78 is 5.58. The number of carbonyl (C=O) groups is 1. The van der Waals surface area contributed by atoms with Gasteiger partial charge in [-0.3, -0.25) is 4.79 Å². The molecule has 0 spiro atoms. The fraction of sp³-hybridized carbons (Fsp3) is 0.381. The van der Waals surface area contributed by atoms with Crippen molar-refractivity contribution in [2.75, 3.05) is 40.0 Å². The first-order chi connectivity index (χ1) is 12.9. The molecule has 0 radical (unpaired) electrons. The van der Waals surface area contributed by atoms with E-state index in [1.54, 1.807) is 20.2 Å². The largest absolute Gasteiger partial charge is 0.482 e. The van der Waals surface area contributed by atoms with Gasteiger partial charge in [0.1, 0.15) is 5.75 Å². The fourth-order valence-corrected chi connectivity index (χ4v) is 3.59. The van der Waals surface area contributed by atoms with Gasteiger partial charge in [0.05, 0.1) is 5.02 Å². The van der Waals surface area contributed by atoms with Crippen LogP contribution in [0.3, 0.4) is 0 Å². The first-order valence-electron chi connectivity index (χ1n) is 8.85. The number of ether oxygens (including phenoxy) is 1. The average molecular weight is 407 g/mol. The van der Waals surface area contributed by atoms with Gasteiger partial charge in [-0.2, -0.15) is 0 Å². The smallest absolute Gasteiger partial charge is 0.259 e. The highest BCUT2D eigenvalue weighted by molar-refractivity contribution is 7.99. The lowest BCUT2D eigenvalue weighted by molar-refractivity contribution is -0.130. The number of benzene rings is 2. The maximum atomic E-state index is 11.7. The summed E-state index contributed by atoms with van der Waals surface area (Å²) in [6.07, 6.45) is 0. The molecule has 27 heavy (non-hydrogen) atoms. The van der Waals surface area contributed by atoms with E-state index in [1.165, 1.54) is 15.4 Å². The summed E-state index contributed by atoms with van der Waals surface area (Å²) in [6.45, 7) is 3.75. The Morgan fingerprint density at radius 1 is 1.11 bits per heavy atom. The lowest BCUT2D eigenvalue weighted by Gasteiger charge is -2.19. The molecule has 0 saturated heterocycles. The molecule has 4 nitrogen and oxygen atoms in total. The Morgan fingerprint density at radius 3 is 2.48 bits per heavy atom. The van der Waals surface area contributed by atoms with Crippen LogP contribution in [-0.2, 0) is 11.3 Å². The molecular formula is C21H27ClN2O2S. The summed E-state index contributed by atoms with van der Waals surface area (Å²) in [6, 6.07) is 14.3. The summed E-state index contributed by atoms with van der Waals surface area (Å²) in [7, 11) is 5.48. The van der Waals surface area contributed by atoms with E-state index in [0.717, 1.165) is 24.4 Å². The van der Waals surface area contributed by atoms with Crippen LogP contribution in [0.2, 0.25) is 5.02 Å². The third-order valence-corrected chi connectivity index (χ3v) is 5.52. The molecule has 0 aliphatic carbocycles. The second-order valence-corrected chi connectivity index (χ2v) is 8.25. The van der Waals surface area contributed by atoms with Crippen LogP contribution in [-0.4, -0.2) is 55.8 Å². The van der Waals surface area contributed by atoms with Gasteiger partial charge >= 0.3 is 0 Å². The van der Waals surface area contributed by atoms with Crippen LogP contribution in [0.15, 0.2) is 47.4 Å². The van der Waals surface area contributed by atoms with Crippen LogP contribution in [0.1, 0.15) is 11.1 Å². The fourth-order valence-electron chi connectivity index (χ4n) is 2.38. The van der Waals surface area contributed by atoms with Gasteiger partial charge in [-0.15, -0.1) is 11.8 Å². The molecule has 0 atom stereocenters. The molecule has 0 aliphatic rings. The van der Waals surface area contributed by atoms with E-state index < -0.39 is 0 Å². The number of rotatable bonds is 9. The van der Waals surface area contributed by atoms with Crippen molar-refractivity contribution in [3.63, 3.8) is 0 Å². The molecule has 2 rings (SSSR count). The molecule has 0 heterocycles. The number of hydrogen-bond donors (Lipinski definition) is 0. The molecule has 0 N–H and O–H groups in total. The lowest BCUT2D eigenvalue weighted by atomic mass is 10.2. The molecule has 0 fully saturated rings. The number of halogens is 1. The van der Waals surface area contributed by atoms with E-state index >= 15 is 0 Å². The summed E-state index contributed by atoms with van der Waals surface area (Å²) >= 11 is 8.33. The summed E-state index contributed by atoms with van der Waals surface area (Å²) in [4.78, 5) is 16.7. The van der Waals surface area contributed by atoms with Crippen molar-refractivity contribution in [3.05, 3.63) is 58.6 Å². The van der Waals surface area contributed by atoms with Gasteiger partial charge < -0.3 is 14.5 Å². The van der Waals surface area contributed by atoms with Gasteiger partial charge in [0.15, 0.2) is 6.61 Å². The van der Waals surface area contributed by atoms with Gasteiger partial charge in [0, 0.05) is 37.8 Å². The van der Waals surface area contributed by atoms with Gasteiger partial charge in [0.25, 0.3) is 5.91 Å². The molecule has 0 aromatic heterocycles. The van der Waals surface area contributed by atoms with E-state index in [-0.39, 0.29) is 12.5 Å². The minimum absolute atomic E-state index is 0.0147. The summed E-state index contributed by atoms with van der Waals surface area (Å²) in [5, 5.41) is 0.571. The maximum absolute atomic E-state index is 11.7. The topological polar surface area (TPSA) is 32.8 Å². The molecule has 2 aromatic carbocycles. The molecule has 0 saturated carbocycles. The van der Waals surface area contributed by atoms with E-state index in [2.05, 4.69) is 43.1 Å².